The molecular weight excluding hydrogens is 382 g/mol. The molecular formula is C15H19Br2N3. The van der Waals surface area contributed by atoms with Crippen LogP contribution in [0.25, 0.3) is 0 Å². The molecule has 108 valence electrons. The van der Waals surface area contributed by atoms with E-state index in [4.69, 9.17) is 0 Å². The van der Waals surface area contributed by atoms with Gasteiger partial charge in [-0.05, 0) is 36.7 Å². The van der Waals surface area contributed by atoms with Gasteiger partial charge in [0.15, 0.2) is 0 Å². The van der Waals surface area contributed by atoms with Gasteiger partial charge in [0.2, 0.25) is 0 Å². The Bertz CT molecular complexity index is 566. The van der Waals surface area contributed by atoms with Crippen LogP contribution in [0, 0.1) is 0 Å². The van der Waals surface area contributed by atoms with E-state index >= 15 is 0 Å². The van der Waals surface area contributed by atoms with Crippen LogP contribution >= 0.6 is 31.9 Å². The van der Waals surface area contributed by atoms with Crippen LogP contribution in [0.15, 0.2) is 39.5 Å². The molecule has 1 aromatic carbocycles. The van der Waals surface area contributed by atoms with E-state index in [1.807, 2.05) is 19.4 Å². The lowest BCUT2D eigenvalue weighted by atomic mass is 10.0. The third kappa shape index (κ3) is 3.93. The Labute approximate surface area is 137 Å². The predicted molar refractivity (Wildman–Crippen MR) is 89.8 cm³/mol. The summed E-state index contributed by atoms with van der Waals surface area (Å²) in [5.74, 6) is 1.12. The van der Waals surface area contributed by atoms with Gasteiger partial charge in [0.25, 0.3) is 0 Å². The van der Waals surface area contributed by atoms with E-state index in [1.165, 1.54) is 5.56 Å². The molecule has 0 bridgehead atoms. The lowest BCUT2D eigenvalue weighted by molar-refractivity contribution is 0.504. The highest BCUT2D eigenvalue weighted by Gasteiger charge is 2.15. The van der Waals surface area contributed by atoms with Gasteiger partial charge < -0.3 is 9.88 Å². The van der Waals surface area contributed by atoms with Gasteiger partial charge in [-0.1, -0.05) is 38.8 Å². The fourth-order valence-corrected chi connectivity index (χ4v) is 3.21. The van der Waals surface area contributed by atoms with E-state index in [-0.39, 0.29) is 0 Å². The average molecular weight is 401 g/mol. The Morgan fingerprint density at radius 3 is 2.80 bits per heavy atom. The summed E-state index contributed by atoms with van der Waals surface area (Å²) < 4.78 is 4.33. The zero-order valence-corrected chi connectivity index (χ0v) is 14.9. The zero-order valence-electron chi connectivity index (χ0n) is 11.7. The maximum atomic E-state index is 4.40. The number of aromatic nitrogens is 2. The number of rotatable bonds is 6. The molecule has 0 amide bonds. The summed E-state index contributed by atoms with van der Waals surface area (Å²) in [5.41, 5.74) is 1.29. The highest BCUT2D eigenvalue weighted by Crippen LogP contribution is 2.29. The van der Waals surface area contributed by atoms with E-state index < -0.39 is 0 Å². The minimum absolute atomic E-state index is 0.323. The summed E-state index contributed by atoms with van der Waals surface area (Å²) >= 11 is 7.20. The van der Waals surface area contributed by atoms with Crippen LogP contribution in [-0.4, -0.2) is 16.1 Å². The van der Waals surface area contributed by atoms with Gasteiger partial charge >= 0.3 is 0 Å². The Hall–Kier alpha value is -0.650. The van der Waals surface area contributed by atoms with Crippen molar-refractivity contribution in [2.75, 3.05) is 6.54 Å². The van der Waals surface area contributed by atoms with E-state index in [2.05, 4.69) is 71.9 Å². The average Bonchev–Trinajstić information content (AvgIpc) is 2.83. The van der Waals surface area contributed by atoms with Crippen molar-refractivity contribution in [3.8, 4) is 0 Å². The van der Waals surface area contributed by atoms with Crippen molar-refractivity contribution in [1.82, 2.24) is 14.9 Å². The number of benzene rings is 1. The minimum Gasteiger partial charge on any atom is -0.338 e. The molecule has 0 spiro atoms. The van der Waals surface area contributed by atoms with Crippen molar-refractivity contribution in [2.45, 2.75) is 25.8 Å². The molecule has 1 unspecified atom stereocenters. The molecule has 20 heavy (non-hydrogen) atoms. The maximum absolute atomic E-state index is 4.40. The number of aryl methyl sites for hydroxylation is 2. The minimum atomic E-state index is 0.323. The van der Waals surface area contributed by atoms with Gasteiger partial charge in [-0.15, -0.1) is 0 Å². The molecule has 1 atom stereocenters. The van der Waals surface area contributed by atoms with Crippen molar-refractivity contribution in [2.24, 2.45) is 7.05 Å². The Morgan fingerprint density at radius 2 is 2.15 bits per heavy atom. The molecule has 0 saturated carbocycles. The maximum Gasteiger partial charge on any atom is 0.108 e. The summed E-state index contributed by atoms with van der Waals surface area (Å²) in [4.78, 5) is 4.40. The van der Waals surface area contributed by atoms with Gasteiger partial charge in [0.1, 0.15) is 5.82 Å². The van der Waals surface area contributed by atoms with E-state index in [0.29, 0.717) is 6.04 Å². The first-order chi connectivity index (χ1) is 9.61. The number of imidazole rings is 1. The molecule has 0 aliphatic carbocycles. The van der Waals surface area contributed by atoms with Crippen LogP contribution in [0.5, 0.6) is 0 Å². The predicted octanol–water partition coefficient (Wildman–Crippen LogP) is 4.23. The number of nitrogens with one attached hydrogen (secondary N) is 1. The largest absolute Gasteiger partial charge is 0.338 e. The summed E-state index contributed by atoms with van der Waals surface area (Å²) in [6.07, 6.45) is 5.83. The standard InChI is InChI=1S/C15H19Br2N3/c1-3-18-14(6-7-15-19-8-9-20(15)2)12-10-11(16)4-5-13(12)17/h4-5,8-10,14,18H,3,6-7H2,1-2H3. The normalized spacial score (nSPS) is 12.6. The molecule has 1 heterocycles. The van der Waals surface area contributed by atoms with Crippen LogP contribution in [0.4, 0.5) is 0 Å². The highest BCUT2D eigenvalue weighted by atomic mass is 79.9. The van der Waals surface area contributed by atoms with Crippen molar-refractivity contribution < 1.29 is 0 Å². The van der Waals surface area contributed by atoms with Crippen LogP contribution in [0.1, 0.15) is 30.8 Å². The van der Waals surface area contributed by atoms with Crippen LogP contribution in [0.3, 0.4) is 0 Å². The smallest absolute Gasteiger partial charge is 0.108 e. The third-order valence-electron chi connectivity index (χ3n) is 3.36. The van der Waals surface area contributed by atoms with Crippen molar-refractivity contribution in [3.05, 3.63) is 50.9 Å². The SMILES string of the molecule is CCNC(CCc1nccn1C)c1cc(Br)ccc1Br. The molecule has 0 aliphatic rings. The van der Waals surface area contributed by atoms with Gasteiger partial charge in [0, 0.05) is 40.8 Å². The highest BCUT2D eigenvalue weighted by molar-refractivity contribution is 9.11. The van der Waals surface area contributed by atoms with Crippen molar-refractivity contribution >= 4 is 31.9 Å². The summed E-state index contributed by atoms with van der Waals surface area (Å²) in [5, 5.41) is 3.56. The first-order valence-electron chi connectivity index (χ1n) is 6.76. The number of hydrogen-bond donors (Lipinski definition) is 1. The number of nitrogens with zero attached hydrogens (tertiary/aromatic N) is 2. The van der Waals surface area contributed by atoms with E-state index in [0.717, 1.165) is 34.2 Å². The summed E-state index contributed by atoms with van der Waals surface area (Å²) in [7, 11) is 2.04. The molecule has 0 aliphatic heterocycles. The molecule has 1 N–H and O–H groups in total. The van der Waals surface area contributed by atoms with Crippen LogP contribution in [0.2, 0.25) is 0 Å². The summed E-state index contributed by atoms with van der Waals surface area (Å²) in [6, 6.07) is 6.64. The van der Waals surface area contributed by atoms with E-state index in [9.17, 15) is 0 Å². The molecule has 0 radical (unpaired) electrons. The molecule has 0 fully saturated rings. The first-order valence-corrected chi connectivity index (χ1v) is 8.35. The summed E-state index contributed by atoms with van der Waals surface area (Å²) in [6.45, 7) is 3.09. The Kier molecular flexibility index (Phi) is 5.81. The second kappa shape index (κ2) is 7.38. The van der Waals surface area contributed by atoms with Crippen molar-refractivity contribution in [1.29, 1.82) is 0 Å². The second-order valence-electron chi connectivity index (χ2n) is 4.77. The molecule has 1 aromatic heterocycles. The Balaban J connectivity index is 2.14. The second-order valence-corrected chi connectivity index (χ2v) is 6.54. The molecule has 2 aromatic rings. The van der Waals surface area contributed by atoms with Crippen LogP contribution in [-0.2, 0) is 13.5 Å². The molecule has 5 heteroatoms. The number of halogens is 2. The molecule has 2 rings (SSSR count). The monoisotopic (exact) mass is 399 g/mol. The van der Waals surface area contributed by atoms with Gasteiger partial charge in [-0.25, -0.2) is 4.98 Å². The molecule has 0 saturated heterocycles. The van der Waals surface area contributed by atoms with E-state index in [1.54, 1.807) is 0 Å². The quantitative estimate of drug-likeness (QED) is 0.786. The zero-order chi connectivity index (χ0) is 14.5. The molecule has 3 nitrogen and oxygen atoms in total. The topological polar surface area (TPSA) is 29.9 Å². The lowest BCUT2D eigenvalue weighted by Gasteiger charge is -2.20. The first kappa shape index (κ1) is 15.7. The lowest BCUT2D eigenvalue weighted by Crippen LogP contribution is -2.22. The third-order valence-corrected chi connectivity index (χ3v) is 4.58. The van der Waals surface area contributed by atoms with Crippen molar-refractivity contribution in [3.63, 3.8) is 0 Å². The van der Waals surface area contributed by atoms with Gasteiger partial charge in [-0.2, -0.15) is 0 Å². The van der Waals surface area contributed by atoms with Gasteiger partial charge in [0.05, 0.1) is 0 Å². The fraction of sp³-hybridized carbons (Fsp3) is 0.400. The fourth-order valence-electron chi connectivity index (χ4n) is 2.31. The Morgan fingerprint density at radius 1 is 1.35 bits per heavy atom. The van der Waals surface area contributed by atoms with Crippen LogP contribution < -0.4 is 5.32 Å². The number of hydrogen-bond acceptors (Lipinski definition) is 2. The van der Waals surface area contributed by atoms with Gasteiger partial charge in [-0.3, -0.25) is 0 Å².